The van der Waals surface area contributed by atoms with Crippen LogP contribution >= 0.6 is 0 Å². The van der Waals surface area contributed by atoms with Gasteiger partial charge in [-0.1, -0.05) is 30.3 Å². The van der Waals surface area contributed by atoms with Gasteiger partial charge in [-0.05, 0) is 42.6 Å². The number of hydrogen-bond donors (Lipinski definition) is 1. The van der Waals surface area contributed by atoms with E-state index in [1.807, 2.05) is 12.4 Å². The number of nitrogens with zero attached hydrogens (tertiary/aromatic N) is 1. The van der Waals surface area contributed by atoms with E-state index >= 15 is 0 Å². The van der Waals surface area contributed by atoms with Crippen molar-refractivity contribution >= 4 is 0 Å². The molecule has 1 fully saturated rings. The van der Waals surface area contributed by atoms with Crippen LogP contribution in [0.5, 0.6) is 0 Å². The summed E-state index contributed by atoms with van der Waals surface area (Å²) in [6.07, 6.45) is 5.09. The van der Waals surface area contributed by atoms with Gasteiger partial charge in [-0.15, -0.1) is 0 Å². The molecule has 0 amide bonds. The topological polar surface area (TPSA) is 24.9 Å². The molecule has 1 aliphatic heterocycles. The molecule has 2 unspecified atom stereocenters. The minimum atomic E-state index is 0.425. The van der Waals surface area contributed by atoms with Gasteiger partial charge in [-0.2, -0.15) is 0 Å². The summed E-state index contributed by atoms with van der Waals surface area (Å²) in [5.74, 6) is 0.543. The standard InChI is InChI=1S/C16H18N2/c1-12-7-9-17-11-15(12)14-8-10-18-16(14)13-5-3-2-4-6-13/h2-7,9,11,14,16,18H,8,10H2,1H3. The summed E-state index contributed by atoms with van der Waals surface area (Å²) in [6.45, 7) is 3.26. The second-order valence-electron chi connectivity index (χ2n) is 4.97. The fourth-order valence-electron chi connectivity index (χ4n) is 2.91. The zero-order chi connectivity index (χ0) is 12.4. The van der Waals surface area contributed by atoms with E-state index in [-0.39, 0.29) is 0 Å². The molecule has 2 aromatic rings. The van der Waals surface area contributed by atoms with Gasteiger partial charge in [0.05, 0.1) is 0 Å². The van der Waals surface area contributed by atoms with Crippen molar-refractivity contribution in [2.24, 2.45) is 0 Å². The second kappa shape index (κ2) is 4.91. The Morgan fingerprint density at radius 3 is 2.78 bits per heavy atom. The Morgan fingerprint density at radius 2 is 2.00 bits per heavy atom. The summed E-state index contributed by atoms with van der Waals surface area (Å²) in [4.78, 5) is 4.29. The minimum absolute atomic E-state index is 0.425. The smallest absolute Gasteiger partial charge is 0.0390 e. The third-order valence-corrected chi connectivity index (χ3v) is 3.86. The van der Waals surface area contributed by atoms with E-state index in [4.69, 9.17) is 0 Å². The Labute approximate surface area is 108 Å². The number of hydrogen-bond acceptors (Lipinski definition) is 2. The van der Waals surface area contributed by atoms with Crippen molar-refractivity contribution in [1.29, 1.82) is 0 Å². The first-order valence-electron chi connectivity index (χ1n) is 6.55. The molecule has 1 saturated heterocycles. The molecule has 1 aromatic carbocycles. The lowest BCUT2D eigenvalue weighted by Crippen LogP contribution is -2.17. The van der Waals surface area contributed by atoms with Gasteiger partial charge in [-0.25, -0.2) is 0 Å². The van der Waals surface area contributed by atoms with E-state index in [2.05, 4.69) is 53.6 Å². The van der Waals surface area contributed by atoms with Gasteiger partial charge in [0.15, 0.2) is 0 Å². The SMILES string of the molecule is Cc1ccncc1C1CCNC1c1ccccc1. The van der Waals surface area contributed by atoms with Crippen LogP contribution in [0, 0.1) is 6.92 Å². The number of pyridine rings is 1. The van der Waals surface area contributed by atoms with Crippen LogP contribution in [0.1, 0.15) is 35.1 Å². The van der Waals surface area contributed by atoms with Crippen LogP contribution in [0.25, 0.3) is 0 Å². The van der Waals surface area contributed by atoms with Crippen molar-refractivity contribution < 1.29 is 0 Å². The fourth-order valence-corrected chi connectivity index (χ4v) is 2.91. The number of aromatic nitrogens is 1. The molecule has 92 valence electrons. The molecular formula is C16H18N2. The molecule has 1 aromatic heterocycles. The Morgan fingerprint density at radius 1 is 1.17 bits per heavy atom. The predicted molar refractivity (Wildman–Crippen MR) is 73.5 cm³/mol. The summed E-state index contributed by atoms with van der Waals surface area (Å²) in [6, 6.07) is 13.3. The quantitative estimate of drug-likeness (QED) is 0.869. The van der Waals surface area contributed by atoms with E-state index in [9.17, 15) is 0 Å². The van der Waals surface area contributed by atoms with Crippen molar-refractivity contribution in [3.8, 4) is 0 Å². The second-order valence-corrected chi connectivity index (χ2v) is 4.97. The zero-order valence-corrected chi connectivity index (χ0v) is 10.6. The Kier molecular flexibility index (Phi) is 3.11. The van der Waals surface area contributed by atoms with Gasteiger partial charge in [0.1, 0.15) is 0 Å². The molecular weight excluding hydrogens is 220 g/mol. The summed E-state index contributed by atoms with van der Waals surface area (Å²) in [5.41, 5.74) is 4.11. The monoisotopic (exact) mass is 238 g/mol. The lowest BCUT2D eigenvalue weighted by Gasteiger charge is -2.21. The summed E-state index contributed by atoms with van der Waals surface area (Å²) in [5, 5.41) is 3.62. The summed E-state index contributed by atoms with van der Waals surface area (Å²) >= 11 is 0. The molecule has 0 radical (unpaired) electrons. The van der Waals surface area contributed by atoms with Gasteiger partial charge in [0.25, 0.3) is 0 Å². The highest BCUT2D eigenvalue weighted by molar-refractivity contribution is 5.32. The first kappa shape index (κ1) is 11.4. The molecule has 1 aliphatic rings. The maximum absolute atomic E-state index is 4.29. The Balaban J connectivity index is 1.95. The highest BCUT2D eigenvalue weighted by Gasteiger charge is 2.30. The molecule has 18 heavy (non-hydrogen) atoms. The van der Waals surface area contributed by atoms with Crippen molar-refractivity contribution in [3.05, 3.63) is 65.5 Å². The van der Waals surface area contributed by atoms with Crippen LogP contribution in [-0.4, -0.2) is 11.5 Å². The van der Waals surface area contributed by atoms with Gasteiger partial charge in [0, 0.05) is 24.4 Å². The molecule has 0 saturated carbocycles. The van der Waals surface area contributed by atoms with E-state index < -0.39 is 0 Å². The van der Waals surface area contributed by atoms with Crippen molar-refractivity contribution in [3.63, 3.8) is 0 Å². The molecule has 2 heteroatoms. The molecule has 2 nitrogen and oxygen atoms in total. The zero-order valence-electron chi connectivity index (χ0n) is 10.6. The van der Waals surface area contributed by atoms with Crippen molar-refractivity contribution in [2.75, 3.05) is 6.54 Å². The maximum Gasteiger partial charge on any atom is 0.0390 e. The van der Waals surface area contributed by atoms with Crippen LogP contribution in [0.15, 0.2) is 48.8 Å². The predicted octanol–water partition coefficient (Wildman–Crippen LogP) is 3.21. The van der Waals surface area contributed by atoms with Gasteiger partial charge < -0.3 is 5.32 Å². The van der Waals surface area contributed by atoms with Gasteiger partial charge in [-0.3, -0.25) is 4.98 Å². The molecule has 0 aliphatic carbocycles. The first-order valence-corrected chi connectivity index (χ1v) is 6.55. The Hall–Kier alpha value is -1.67. The van der Waals surface area contributed by atoms with Crippen LogP contribution < -0.4 is 5.32 Å². The number of aryl methyl sites for hydroxylation is 1. The molecule has 0 bridgehead atoms. The normalized spacial score (nSPS) is 23.2. The van der Waals surface area contributed by atoms with E-state index in [0.717, 1.165) is 6.54 Å². The minimum Gasteiger partial charge on any atom is -0.309 e. The summed E-state index contributed by atoms with van der Waals surface area (Å²) < 4.78 is 0. The third kappa shape index (κ3) is 2.04. The first-order chi connectivity index (χ1) is 8.86. The van der Waals surface area contributed by atoms with Gasteiger partial charge >= 0.3 is 0 Å². The Bertz CT molecular complexity index is 522. The fraction of sp³-hybridized carbons (Fsp3) is 0.312. The largest absolute Gasteiger partial charge is 0.309 e. The highest BCUT2D eigenvalue weighted by atomic mass is 15.0. The maximum atomic E-state index is 4.29. The molecule has 2 heterocycles. The van der Waals surface area contributed by atoms with Crippen LogP contribution in [-0.2, 0) is 0 Å². The lowest BCUT2D eigenvalue weighted by molar-refractivity contribution is 0.574. The molecule has 3 rings (SSSR count). The number of benzene rings is 1. The lowest BCUT2D eigenvalue weighted by atomic mass is 9.87. The van der Waals surface area contributed by atoms with Crippen LogP contribution in [0.4, 0.5) is 0 Å². The highest BCUT2D eigenvalue weighted by Crippen LogP contribution is 2.38. The molecule has 2 atom stereocenters. The molecule has 1 N–H and O–H groups in total. The van der Waals surface area contributed by atoms with Crippen LogP contribution in [0.3, 0.4) is 0 Å². The van der Waals surface area contributed by atoms with Crippen molar-refractivity contribution in [2.45, 2.75) is 25.3 Å². The van der Waals surface area contributed by atoms with E-state index in [1.54, 1.807) is 0 Å². The van der Waals surface area contributed by atoms with Crippen LogP contribution in [0.2, 0.25) is 0 Å². The summed E-state index contributed by atoms with van der Waals surface area (Å²) in [7, 11) is 0. The molecule has 0 spiro atoms. The van der Waals surface area contributed by atoms with E-state index in [0.29, 0.717) is 12.0 Å². The average Bonchev–Trinajstić information content (AvgIpc) is 2.89. The number of nitrogens with one attached hydrogen (secondary N) is 1. The number of rotatable bonds is 2. The average molecular weight is 238 g/mol. The van der Waals surface area contributed by atoms with Crippen molar-refractivity contribution in [1.82, 2.24) is 10.3 Å². The van der Waals surface area contributed by atoms with E-state index in [1.165, 1.54) is 23.1 Å². The van der Waals surface area contributed by atoms with Gasteiger partial charge in [0.2, 0.25) is 0 Å². The third-order valence-electron chi connectivity index (χ3n) is 3.86.